The molecule has 0 aromatic heterocycles. The van der Waals surface area contributed by atoms with Gasteiger partial charge in [0.15, 0.2) is 0 Å². The Hall–Kier alpha value is -0.590. The first-order valence-corrected chi connectivity index (χ1v) is 3.27. The molecule has 0 aliphatic rings. The molecule has 52 valence electrons. The Bertz CT molecular complexity index is 114. The molecule has 0 aromatic rings. The van der Waals surface area contributed by atoms with Crippen LogP contribution in [-0.4, -0.2) is 6.29 Å². The van der Waals surface area contributed by atoms with Crippen molar-refractivity contribution >= 4 is 6.29 Å². The summed E-state index contributed by atoms with van der Waals surface area (Å²) < 4.78 is 0. The zero-order chi connectivity index (χ0) is 7.28. The van der Waals surface area contributed by atoms with E-state index in [1.807, 2.05) is 26.8 Å². The number of carbonyl (C=O) groups is 1. The van der Waals surface area contributed by atoms with Crippen molar-refractivity contribution < 1.29 is 4.79 Å². The molecule has 0 aliphatic heterocycles. The van der Waals surface area contributed by atoms with Gasteiger partial charge in [-0.2, -0.15) is 0 Å². The fourth-order valence-corrected chi connectivity index (χ4v) is 0.674. The van der Waals surface area contributed by atoms with Crippen LogP contribution < -0.4 is 0 Å². The van der Waals surface area contributed by atoms with E-state index in [-0.39, 0.29) is 5.92 Å². The molecular weight excluding hydrogens is 112 g/mol. The quantitative estimate of drug-likeness (QED) is 0.418. The number of hydrogen-bond donors (Lipinski definition) is 0. The maximum absolute atomic E-state index is 10.1. The minimum atomic E-state index is 0.182. The number of rotatable bonds is 3. The van der Waals surface area contributed by atoms with Gasteiger partial charge >= 0.3 is 0 Å². The van der Waals surface area contributed by atoms with Gasteiger partial charge in [0.2, 0.25) is 0 Å². The van der Waals surface area contributed by atoms with Crippen LogP contribution in [0.5, 0.6) is 0 Å². The second kappa shape index (κ2) is 4.30. The van der Waals surface area contributed by atoms with E-state index in [1.54, 1.807) is 0 Å². The summed E-state index contributed by atoms with van der Waals surface area (Å²) in [4.78, 5) is 10.1. The lowest BCUT2D eigenvalue weighted by Gasteiger charge is -2.00. The molecule has 0 saturated carbocycles. The van der Waals surface area contributed by atoms with Crippen LogP contribution in [0.3, 0.4) is 0 Å². The van der Waals surface area contributed by atoms with Crippen LogP contribution in [0.15, 0.2) is 11.6 Å². The number of carbonyl (C=O) groups excluding carboxylic acids is 1. The van der Waals surface area contributed by atoms with Gasteiger partial charge in [-0.05, 0) is 20.3 Å². The summed E-state index contributed by atoms with van der Waals surface area (Å²) in [7, 11) is 0. The first kappa shape index (κ1) is 8.41. The van der Waals surface area contributed by atoms with E-state index in [9.17, 15) is 4.79 Å². The van der Waals surface area contributed by atoms with Crippen molar-refractivity contribution in [2.75, 3.05) is 0 Å². The van der Waals surface area contributed by atoms with E-state index in [0.717, 1.165) is 12.7 Å². The van der Waals surface area contributed by atoms with Gasteiger partial charge in [-0.15, -0.1) is 0 Å². The third kappa shape index (κ3) is 3.95. The SMILES string of the molecule is C/C=C(/C)CC(C)C=O. The third-order valence-electron chi connectivity index (χ3n) is 1.37. The van der Waals surface area contributed by atoms with E-state index in [4.69, 9.17) is 0 Å². The van der Waals surface area contributed by atoms with Gasteiger partial charge in [0.25, 0.3) is 0 Å². The van der Waals surface area contributed by atoms with Gasteiger partial charge in [-0.25, -0.2) is 0 Å². The second-order valence-electron chi connectivity index (χ2n) is 2.45. The molecule has 0 N–H and O–H groups in total. The van der Waals surface area contributed by atoms with Crippen LogP contribution in [-0.2, 0) is 4.79 Å². The smallest absolute Gasteiger partial charge is 0.123 e. The maximum atomic E-state index is 10.1. The van der Waals surface area contributed by atoms with Crippen LogP contribution in [0, 0.1) is 5.92 Å². The molecule has 0 bridgehead atoms. The van der Waals surface area contributed by atoms with Crippen molar-refractivity contribution in [2.45, 2.75) is 27.2 Å². The van der Waals surface area contributed by atoms with Crippen LogP contribution in [0.2, 0.25) is 0 Å². The van der Waals surface area contributed by atoms with E-state index in [0.29, 0.717) is 0 Å². The van der Waals surface area contributed by atoms with Crippen molar-refractivity contribution in [2.24, 2.45) is 5.92 Å². The lowest BCUT2D eigenvalue weighted by molar-refractivity contribution is -0.110. The lowest BCUT2D eigenvalue weighted by atomic mass is 10.0. The van der Waals surface area contributed by atoms with Gasteiger partial charge in [-0.3, -0.25) is 0 Å². The van der Waals surface area contributed by atoms with Gasteiger partial charge < -0.3 is 4.79 Å². The predicted molar refractivity (Wildman–Crippen MR) is 39.3 cm³/mol. The second-order valence-corrected chi connectivity index (χ2v) is 2.45. The molecule has 1 heteroatoms. The zero-order valence-electron chi connectivity index (χ0n) is 6.35. The van der Waals surface area contributed by atoms with Crippen molar-refractivity contribution in [3.8, 4) is 0 Å². The normalized spacial score (nSPS) is 15.2. The Morgan fingerprint density at radius 3 is 2.56 bits per heavy atom. The van der Waals surface area contributed by atoms with Gasteiger partial charge in [0.05, 0.1) is 0 Å². The minimum Gasteiger partial charge on any atom is -0.303 e. The third-order valence-corrected chi connectivity index (χ3v) is 1.37. The van der Waals surface area contributed by atoms with Gasteiger partial charge in [0, 0.05) is 5.92 Å². The molecule has 0 rings (SSSR count). The highest BCUT2D eigenvalue weighted by Gasteiger charge is 1.97. The average Bonchev–Trinajstić information content (AvgIpc) is 1.87. The van der Waals surface area contributed by atoms with Crippen LogP contribution >= 0.6 is 0 Å². The predicted octanol–water partition coefficient (Wildman–Crippen LogP) is 2.18. The lowest BCUT2D eigenvalue weighted by Crippen LogP contribution is -1.95. The Morgan fingerprint density at radius 1 is 1.67 bits per heavy atom. The Labute approximate surface area is 56.8 Å². The summed E-state index contributed by atoms with van der Waals surface area (Å²) in [5, 5.41) is 0. The van der Waals surface area contributed by atoms with Gasteiger partial charge in [-0.1, -0.05) is 18.6 Å². The highest BCUT2D eigenvalue weighted by atomic mass is 16.1. The van der Waals surface area contributed by atoms with Crippen molar-refractivity contribution in [1.29, 1.82) is 0 Å². The molecule has 0 spiro atoms. The number of hydrogen-bond acceptors (Lipinski definition) is 1. The Balaban J connectivity index is 3.59. The summed E-state index contributed by atoms with van der Waals surface area (Å²) >= 11 is 0. The standard InChI is InChI=1S/C8H14O/c1-4-7(2)5-8(3)6-9/h4,6,8H,5H2,1-3H3/b7-4-. The zero-order valence-corrected chi connectivity index (χ0v) is 6.35. The molecule has 0 saturated heterocycles. The summed E-state index contributed by atoms with van der Waals surface area (Å²) in [6.45, 7) is 5.97. The fraction of sp³-hybridized carbons (Fsp3) is 0.625. The molecule has 0 radical (unpaired) electrons. The number of allylic oxidation sites excluding steroid dienone is 2. The highest BCUT2D eigenvalue weighted by molar-refractivity contribution is 5.53. The molecule has 0 aromatic carbocycles. The van der Waals surface area contributed by atoms with Crippen LogP contribution in [0.25, 0.3) is 0 Å². The van der Waals surface area contributed by atoms with Crippen molar-refractivity contribution in [3.63, 3.8) is 0 Å². The number of aldehydes is 1. The Morgan fingerprint density at radius 2 is 2.22 bits per heavy atom. The topological polar surface area (TPSA) is 17.1 Å². The molecule has 0 aliphatic carbocycles. The van der Waals surface area contributed by atoms with Crippen molar-refractivity contribution in [3.05, 3.63) is 11.6 Å². The molecule has 1 nitrogen and oxygen atoms in total. The molecule has 0 fully saturated rings. The summed E-state index contributed by atoms with van der Waals surface area (Å²) in [5.74, 6) is 0.182. The molecule has 0 heterocycles. The van der Waals surface area contributed by atoms with Crippen molar-refractivity contribution in [1.82, 2.24) is 0 Å². The largest absolute Gasteiger partial charge is 0.303 e. The van der Waals surface area contributed by atoms with Crippen LogP contribution in [0.1, 0.15) is 27.2 Å². The van der Waals surface area contributed by atoms with Gasteiger partial charge in [0.1, 0.15) is 6.29 Å². The summed E-state index contributed by atoms with van der Waals surface area (Å²) in [6, 6.07) is 0. The van der Waals surface area contributed by atoms with E-state index >= 15 is 0 Å². The average molecular weight is 126 g/mol. The fourth-order valence-electron chi connectivity index (χ4n) is 0.674. The Kier molecular flexibility index (Phi) is 4.02. The molecule has 0 amide bonds. The monoisotopic (exact) mass is 126 g/mol. The van der Waals surface area contributed by atoms with E-state index in [1.165, 1.54) is 5.57 Å². The minimum absolute atomic E-state index is 0.182. The molecular formula is C8H14O. The summed E-state index contributed by atoms with van der Waals surface area (Å²) in [5.41, 5.74) is 1.29. The highest BCUT2D eigenvalue weighted by Crippen LogP contribution is 2.06. The molecule has 1 unspecified atom stereocenters. The van der Waals surface area contributed by atoms with E-state index < -0.39 is 0 Å². The maximum Gasteiger partial charge on any atom is 0.123 e. The van der Waals surface area contributed by atoms with Crippen LogP contribution in [0.4, 0.5) is 0 Å². The molecule has 1 atom stereocenters. The molecule has 9 heavy (non-hydrogen) atoms. The summed E-state index contributed by atoms with van der Waals surface area (Å²) in [6.07, 6.45) is 3.94. The first-order chi connectivity index (χ1) is 4.20. The first-order valence-electron chi connectivity index (χ1n) is 3.27. The van der Waals surface area contributed by atoms with E-state index in [2.05, 4.69) is 0 Å².